The zero-order valence-electron chi connectivity index (χ0n) is 12.9. The molecule has 0 aliphatic carbocycles. The van der Waals surface area contributed by atoms with Crippen LogP contribution in [0.2, 0.25) is 0 Å². The highest BCUT2D eigenvalue weighted by Gasteiger charge is 2.13. The van der Waals surface area contributed by atoms with Gasteiger partial charge in [0.1, 0.15) is 0 Å². The van der Waals surface area contributed by atoms with Gasteiger partial charge >= 0.3 is 0 Å². The smallest absolute Gasteiger partial charge is 0.254 e. The minimum atomic E-state index is -0.310. The van der Waals surface area contributed by atoms with Gasteiger partial charge in [0.2, 0.25) is 5.91 Å². The molecule has 0 aliphatic rings. The third kappa shape index (κ3) is 4.45. The summed E-state index contributed by atoms with van der Waals surface area (Å²) < 4.78 is 0. The van der Waals surface area contributed by atoms with Crippen LogP contribution in [0.15, 0.2) is 48.5 Å². The van der Waals surface area contributed by atoms with Crippen molar-refractivity contribution in [3.05, 3.63) is 65.2 Å². The number of para-hydroxylation sites is 1. The molecular formula is C19H18N2O2. The molecule has 0 unspecified atom stereocenters. The lowest BCUT2D eigenvalue weighted by molar-refractivity contribution is -0.115. The number of terminal acetylenes is 1. The molecule has 2 rings (SSSR count). The number of carbonyl (C=O) groups excluding carboxylic acids is 2. The van der Waals surface area contributed by atoms with E-state index < -0.39 is 0 Å². The van der Waals surface area contributed by atoms with E-state index in [1.54, 1.807) is 24.3 Å². The van der Waals surface area contributed by atoms with Gasteiger partial charge in [-0.25, -0.2) is 0 Å². The first-order chi connectivity index (χ1) is 11.1. The molecule has 0 atom stereocenters. The minimum absolute atomic E-state index is 0.143. The summed E-state index contributed by atoms with van der Waals surface area (Å²) in [7, 11) is 0. The van der Waals surface area contributed by atoms with E-state index in [1.807, 2.05) is 31.2 Å². The molecule has 0 aliphatic heterocycles. The molecule has 0 spiro atoms. The Kier molecular flexibility index (Phi) is 5.54. The molecule has 116 valence electrons. The van der Waals surface area contributed by atoms with Crippen molar-refractivity contribution in [2.24, 2.45) is 0 Å². The standard InChI is InChI=1S/C19H18N2O2/c1-3-12-20-19(23)16-10-6-7-11-17(16)21-18(22)13-15-9-5-4-8-14(15)2/h1,4-11H,12-13H2,2H3,(H,20,23)(H,21,22). The zero-order chi connectivity index (χ0) is 16.7. The number of nitrogens with one attached hydrogen (secondary N) is 2. The van der Waals surface area contributed by atoms with Crippen LogP contribution in [0.4, 0.5) is 5.69 Å². The number of benzene rings is 2. The zero-order valence-corrected chi connectivity index (χ0v) is 12.9. The van der Waals surface area contributed by atoms with E-state index in [-0.39, 0.29) is 24.8 Å². The van der Waals surface area contributed by atoms with Crippen molar-refractivity contribution in [1.82, 2.24) is 5.32 Å². The lowest BCUT2D eigenvalue weighted by Gasteiger charge is -2.11. The van der Waals surface area contributed by atoms with Gasteiger partial charge in [0, 0.05) is 0 Å². The largest absolute Gasteiger partial charge is 0.341 e. The van der Waals surface area contributed by atoms with Gasteiger partial charge in [-0.2, -0.15) is 0 Å². The average molecular weight is 306 g/mol. The van der Waals surface area contributed by atoms with Crippen molar-refractivity contribution in [3.63, 3.8) is 0 Å². The highest BCUT2D eigenvalue weighted by Crippen LogP contribution is 2.16. The van der Waals surface area contributed by atoms with Gasteiger partial charge in [-0.05, 0) is 30.2 Å². The molecule has 2 amide bonds. The Hall–Kier alpha value is -3.06. The lowest BCUT2D eigenvalue weighted by atomic mass is 10.1. The first-order valence-corrected chi connectivity index (χ1v) is 7.27. The molecule has 4 nitrogen and oxygen atoms in total. The summed E-state index contributed by atoms with van der Waals surface area (Å²) in [5.74, 6) is 1.87. The number of rotatable bonds is 5. The lowest BCUT2D eigenvalue weighted by Crippen LogP contribution is -2.25. The van der Waals surface area contributed by atoms with Gasteiger partial charge in [-0.1, -0.05) is 42.3 Å². The minimum Gasteiger partial charge on any atom is -0.341 e. The second kappa shape index (κ2) is 7.81. The van der Waals surface area contributed by atoms with Crippen LogP contribution >= 0.6 is 0 Å². The average Bonchev–Trinajstić information content (AvgIpc) is 2.55. The van der Waals surface area contributed by atoms with E-state index in [0.29, 0.717) is 11.3 Å². The van der Waals surface area contributed by atoms with E-state index >= 15 is 0 Å². The Balaban J connectivity index is 2.11. The van der Waals surface area contributed by atoms with Gasteiger partial charge in [0.05, 0.1) is 24.2 Å². The van der Waals surface area contributed by atoms with E-state index in [4.69, 9.17) is 6.42 Å². The molecule has 4 heteroatoms. The fraction of sp³-hybridized carbons (Fsp3) is 0.158. The van der Waals surface area contributed by atoms with Crippen LogP contribution in [0, 0.1) is 19.3 Å². The van der Waals surface area contributed by atoms with Crippen molar-refractivity contribution in [3.8, 4) is 12.3 Å². The quantitative estimate of drug-likeness (QED) is 0.834. The highest BCUT2D eigenvalue weighted by atomic mass is 16.2. The molecule has 2 aromatic rings. The first-order valence-electron chi connectivity index (χ1n) is 7.27. The summed E-state index contributed by atoms with van der Waals surface area (Å²) in [5.41, 5.74) is 2.88. The number of aryl methyl sites for hydroxylation is 1. The van der Waals surface area contributed by atoms with E-state index in [0.717, 1.165) is 11.1 Å². The van der Waals surface area contributed by atoms with Crippen LogP contribution in [0.25, 0.3) is 0 Å². The van der Waals surface area contributed by atoms with Crippen molar-refractivity contribution in [1.29, 1.82) is 0 Å². The second-order valence-electron chi connectivity index (χ2n) is 5.08. The first kappa shape index (κ1) is 16.3. The number of hydrogen-bond donors (Lipinski definition) is 2. The predicted molar refractivity (Wildman–Crippen MR) is 91.1 cm³/mol. The molecule has 2 aromatic carbocycles. The molecule has 2 N–H and O–H groups in total. The third-order valence-corrected chi connectivity index (χ3v) is 3.41. The Morgan fingerprint density at radius 2 is 1.78 bits per heavy atom. The molecular weight excluding hydrogens is 288 g/mol. The van der Waals surface area contributed by atoms with Crippen LogP contribution in [0.3, 0.4) is 0 Å². The summed E-state index contributed by atoms with van der Waals surface area (Å²) in [4.78, 5) is 24.3. The maximum Gasteiger partial charge on any atom is 0.254 e. The van der Waals surface area contributed by atoms with Gasteiger partial charge in [-0.3, -0.25) is 9.59 Å². The Labute approximate surface area is 135 Å². The van der Waals surface area contributed by atoms with Gasteiger partial charge in [-0.15, -0.1) is 6.42 Å². The highest BCUT2D eigenvalue weighted by molar-refractivity contribution is 6.04. The summed E-state index contributed by atoms with van der Waals surface area (Å²) >= 11 is 0. The van der Waals surface area contributed by atoms with Crippen LogP contribution in [0.5, 0.6) is 0 Å². The van der Waals surface area contributed by atoms with Crippen molar-refractivity contribution >= 4 is 17.5 Å². The van der Waals surface area contributed by atoms with Crippen molar-refractivity contribution in [2.45, 2.75) is 13.3 Å². The van der Waals surface area contributed by atoms with E-state index in [9.17, 15) is 9.59 Å². The third-order valence-electron chi connectivity index (χ3n) is 3.41. The maximum atomic E-state index is 12.2. The van der Waals surface area contributed by atoms with Gasteiger partial charge in [0.15, 0.2) is 0 Å². The van der Waals surface area contributed by atoms with Gasteiger partial charge < -0.3 is 10.6 Å². The molecule has 23 heavy (non-hydrogen) atoms. The molecule has 0 saturated carbocycles. The molecule has 0 saturated heterocycles. The molecule has 0 bridgehead atoms. The Morgan fingerprint density at radius 1 is 1.09 bits per heavy atom. The number of amides is 2. The topological polar surface area (TPSA) is 58.2 Å². The monoisotopic (exact) mass is 306 g/mol. The second-order valence-corrected chi connectivity index (χ2v) is 5.08. The molecule has 0 aromatic heterocycles. The summed E-state index contributed by atoms with van der Waals surface area (Å²) in [6, 6.07) is 14.6. The van der Waals surface area contributed by atoms with Gasteiger partial charge in [0.25, 0.3) is 5.91 Å². The van der Waals surface area contributed by atoms with Crippen LogP contribution in [-0.2, 0) is 11.2 Å². The SMILES string of the molecule is C#CCNC(=O)c1ccccc1NC(=O)Cc1ccccc1C. The maximum absolute atomic E-state index is 12.2. The normalized spacial score (nSPS) is 9.74. The molecule has 0 fully saturated rings. The van der Waals surface area contributed by atoms with E-state index in [1.165, 1.54) is 0 Å². The number of anilines is 1. The van der Waals surface area contributed by atoms with Crippen molar-refractivity contribution < 1.29 is 9.59 Å². The molecule has 0 heterocycles. The predicted octanol–water partition coefficient (Wildman–Crippen LogP) is 2.54. The fourth-order valence-corrected chi connectivity index (χ4v) is 2.19. The van der Waals surface area contributed by atoms with Crippen LogP contribution < -0.4 is 10.6 Å². The Bertz CT molecular complexity index is 760. The number of hydrogen-bond acceptors (Lipinski definition) is 2. The fourth-order valence-electron chi connectivity index (χ4n) is 2.19. The van der Waals surface area contributed by atoms with E-state index in [2.05, 4.69) is 16.6 Å². The van der Waals surface area contributed by atoms with Crippen LogP contribution in [0.1, 0.15) is 21.5 Å². The summed E-state index contributed by atoms with van der Waals surface area (Å²) in [6.07, 6.45) is 5.40. The molecule has 0 radical (unpaired) electrons. The summed E-state index contributed by atoms with van der Waals surface area (Å²) in [6.45, 7) is 2.11. The summed E-state index contributed by atoms with van der Waals surface area (Å²) in [5, 5.41) is 5.39. The Morgan fingerprint density at radius 3 is 2.52 bits per heavy atom. The number of carbonyl (C=O) groups is 2. The van der Waals surface area contributed by atoms with Crippen molar-refractivity contribution in [2.75, 3.05) is 11.9 Å². The van der Waals surface area contributed by atoms with Crippen LogP contribution in [-0.4, -0.2) is 18.4 Å².